The van der Waals surface area contributed by atoms with Gasteiger partial charge in [-0.1, -0.05) is 0 Å². The smallest absolute Gasteiger partial charge is 0.303 e. The van der Waals surface area contributed by atoms with Gasteiger partial charge in [-0.25, -0.2) is 0 Å². The summed E-state index contributed by atoms with van der Waals surface area (Å²) in [6.45, 7) is 2.15. The molecular formula is C20H27N3O5S. The van der Waals surface area contributed by atoms with Crippen molar-refractivity contribution in [2.75, 3.05) is 39.2 Å². The average Bonchev–Trinajstić information content (AvgIpc) is 2.72. The fourth-order valence-corrected chi connectivity index (χ4v) is 3.32. The summed E-state index contributed by atoms with van der Waals surface area (Å²) in [4.78, 5) is 12.4. The number of hydrogen-bond donors (Lipinski definition) is 1. The topological polar surface area (TPSA) is 88.2 Å². The van der Waals surface area contributed by atoms with Gasteiger partial charge in [-0.2, -0.15) is 12.7 Å². The van der Waals surface area contributed by atoms with Crippen LogP contribution in [0.3, 0.4) is 0 Å². The normalized spacial score (nSPS) is 12.3. The summed E-state index contributed by atoms with van der Waals surface area (Å²) < 4.78 is 37.4. The highest BCUT2D eigenvalue weighted by molar-refractivity contribution is 7.90. The molecule has 0 aromatic heterocycles. The summed E-state index contributed by atoms with van der Waals surface area (Å²) in [5, 5.41) is 2.86. The highest BCUT2D eigenvalue weighted by Crippen LogP contribution is 2.19. The summed E-state index contributed by atoms with van der Waals surface area (Å²) in [6.07, 6.45) is 0. The Morgan fingerprint density at radius 3 is 2.07 bits per heavy atom. The Bertz CT molecular complexity index is 912. The lowest BCUT2D eigenvalue weighted by molar-refractivity contribution is 0.0926. The number of methoxy groups -OCH3 is 1. The van der Waals surface area contributed by atoms with Crippen LogP contribution in [0, 0.1) is 0 Å². The van der Waals surface area contributed by atoms with Gasteiger partial charge in [-0.05, 0) is 55.5 Å². The molecule has 1 unspecified atom stereocenters. The summed E-state index contributed by atoms with van der Waals surface area (Å²) in [5.74, 6) is 1.16. The van der Waals surface area contributed by atoms with E-state index in [2.05, 4.69) is 5.32 Å². The van der Waals surface area contributed by atoms with E-state index in [4.69, 9.17) is 9.47 Å². The molecule has 1 amide bonds. The lowest BCUT2D eigenvalue weighted by Crippen LogP contribution is -2.37. The van der Waals surface area contributed by atoms with Gasteiger partial charge in [0, 0.05) is 26.7 Å². The van der Waals surface area contributed by atoms with E-state index in [9.17, 15) is 13.2 Å². The molecule has 0 saturated heterocycles. The molecule has 0 aliphatic rings. The molecule has 2 rings (SSSR count). The van der Waals surface area contributed by atoms with Crippen molar-refractivity contribution in [3.8, 4) is 11.5 Å². The van der Waals surface area contributed by atoms with Crippen molar-refractivity contribution >= 4 is 21.8 Å². The molecule has 0 aliphatic heterocycles. The molecular weight excluding hydrogens is 394 g/mol. The first-order valence-electron chi connectivity index (χ1n) is 8.99. The average molecular weight is 422 g/mol. The molecule has 0 spiro atoms. The lowest BCUT2D eigenvalue weighted by Gasteiger charge is -2.23. The quantitative estimate of drug-likeness (QED) is 0.670. The van der Waals surface area contributed by atoms with E-state index in [-0.39, 0.29) is 11.9 Å². The van der Waals surface area contributed by atoms with Gasteiger partial charge in [0.25, 0.3) is 5.91 Å². The summed E-state index contributed by atoms with van der Waals surface area (Å²) in [7, 11) is 2.40. The van der Waals surface area contributed by atoms with Crippen LogP contribution >= 0.6 is 0 Å². The van der Waals surface area contributed by atoms with Crippen molar-refractivity contribution in [1.82, 2.24) is 9.62 Å². The highest BCUT2D eigenvalue weighted by atomic mass is 32.2. The van der Waals surface area contributed by atoms with Crippen molar-refractivity contribution in [3.05, 3.63) is 54.1 Å². The van der Waals surface area contributed by atoms with Gasteiger partial charge in [0.15, 0.2) is 0 Å². The zero-order valence-corrected chi connectivity index (χ0v) is 18.1. The number of hydrogen-bond acceptors (Lipinski definition) is 5. The first-order valence-corrected chi connectivity index (χ1v) is 10.4. The number of anilines is 1. The van der Waals surface area contributed by atoms with Crippen molar-refractivity contribution in [2.45, 2.75) is 13.0 Å². The van der Waals surface area contributed by atoms with E-state index in [0.717, 1.165) is 14.4 Å². The Balaban J connectivity index is 1.92. The predicted molar refractivity (Wildman–Crippen MR) is 113 cm³/mol. The molecule has 158 valence electrons. The van der Waals surface area contributed by atoms with E-state index < -0.39 is 10.2 Å². The Morgan fingerprint density at radius 2 is 1.55 bits per heavy atom. The Kier molecular flexibility index (Phi) is 7.46. The van der Waals surface area contributed by atoms with Crippen LogP contribution in [0.25, 0.3) is 0 Å². The maximum atomic E-state index is 12.4. The second-order valence-electron chi connectivity index (χ2n) is 6.67. The van der Waals surface area contributed by atoms with Gasteiger partial charge in [0.2, 0.25) is 0 Å². The second-order valence-corrected chi connectivity index (χ2v) is 8.84. The van der Waals surface area contributed by atoms with Gasteiger partial charge in [-0.3, -0.25) is 9.10 Å². The molecule has 1 N–H and O–H groups in total. The van der Waals surface area contributed by atoms with Gasteiger partial charge in [0.1, 0.15) is 18.1 Å². The molecule has 0 radical (unpaired) electrons. The lowest BCUT2D eigenvalue weighted by atomic mass is 10.2. The second kappa shape index (κ2) is 9.62. The van der Waals surface area contributed by atoms with Crippen LogP contribution in [-0.2, 0) is 10.2 Å². The number of nitrogens with one attached hydrogen (secondary N) is 1. The maximum Gasteiger partial charge on any atom is 0.303 e. The summed E-state index contributed by atoms with van der Waals surface area (Å²) >= 11 is 0. The van der Waals surface area contributed by atoms with E-state index >= 15 is 0 Å². The van der Waals surface area contributed by atoms with Gasteiger partial charge in [-0.15, -0.1) is 0 Å². The number of carbonyl (C=O) groups excluding carboxylic acids is 1. The molecule has 2 aromatic carbocycles. The van der Waals surface area contributed by atoms with Gasteiger partial charge in [0.05, 0.1) is 18.8 Å². The molecule has 29 heavy (non-hydrogen) atoms. The number of benzene rings is 2. The van der Waals surface area contributed by atoms with Crippen LogP contribution in [0.5, 0.6) is 11.5 Å². The Labute approximate surface area is 172 Å². The maximum absolute atomic E-state index is 12.4. The molecule has 0 aliphatic carbocycles. The van der Waals surface area contributed by atoms with E-state index in [1.54, 1.807) is 55.6 Å². The molecule has 9 heteroatoms. The zero-order chi connectivity index (χ0) is 21.6. The van der Waals surface area contributed by atoms with Gasteiger partial charge < -0.3 is 14.8 Å². The summed E-state index contributed by atoms with van der Waals surface area (Å²) in [6, 6.07) is 13.3. The Morgan fingerprint density at radius 1 is 1.00 bits per heavy atom. The van der Waals surface area contributed by atoms with Crippen LogP contribution in [-0.4, -0.2) is 59.5 Å². The van der Waals surface area contributed by atoms with Crippen molar-refractivity contribution in [2.24, 2.45) is 0 Å². The number of carbonyl (C=O) groups is 1. The van der Waals surface area contributed by atoms with Gasteiger partial charge >= 0.3 is 10.2 Å². The number of ether oxygens (including phenoxy) is 2. The molecule has 1 atom stereocenters. The van der Waals surface area contributed by atoms with Crippen LogP contribution in [0.1, 0.15) is 17.3 Å². The van der Waals surface area contributed by atoms with Crippen LogP contribution in [0.15, 0.2) is 48.5 Å². The molecule has 2 aromatic rings. The van der Waals surface area contributed by atoms with Crippen molar-refractivity contribution in [1.29, 1.82) is 0 Å². The molecule has 0 bridgehead atoms. The fraction of sp³-hybridized carbons (Fsp3) is 0.350. The minimum absolute atomic E-state index is 0.221. The first kappa shape index (κ1) is 22.5. The van der Waals surface area contributed by atoms with E-state index in [1.807, 2.05) is 6.92 Å². The van der Waals surface area contributed by atoms with Crippen molar-refractivity contribution < 1.29 is 22.7 Å². The number of nitrogens with zero attached hydrogens (tertiary/aromatic N) is 2. The SMILES string of the molecule is COc1ccc(OCC(C)NC(=O)c2ccc(N(C)S(=O)(=O)N(C)C)cc2)cc1. The Hall–Kier alpha value is -2.78. The monoisotopic (exact) mass is 421 g/mol. The zero-order valence-electron chi connectivity index (χ0n) is 17.2. The molecule has 8 nitrogen and oxygen atoms in total. The molecule has 0 fully saturated rings. The van der Waals surface area contributed by atoms with E-state index in [0.29, 0.717) is 23.6 Å². The third kappa shape index (κ3) is 5.85. The van der Waals surface area contributed by atoms with Crippen LogP contribution < -0.4 is 19.1 Å². The largest absolute Gasteiger partial charge is 0.497 e. The minimum Gasteiger partial charge on any atom is -0.497 e. The van der Waals surface area contributed by atoms with Crippen LogP contribution in [0.4, 0.5) is 5.69 Å². The molecule has 0 heterocycles. The number of rotatable bonds is 9. The summed E-state index contributed by atoms with van der Waals surface area (Å²) in [5.41, 5.74) is 0.895. The van der Waals surface area contributed by atoms with Crippen LogP contribution in [0.2, 0.25) is 0 Å². The predicted octanol–water partition coefficient (Wildman–Crippen LogP) is 2.14. The minimum atomic E-state index is -3.58. The first-order chi connectivity index (χ1) is 13.6. The van der Waals surface area contributed by atoms with E-state index in [1.165, 1.54) is 21.1 Å². The van der Waals surface area contributed by atoms with Crippen molar-refractivity contribution in [3.63, 3.8) is 0 Å². The molecule has 0 saturated carbocycles. The number of amides is 1. The third-order valence-corrected chi connectivity index (χ3v) is 6.06. The fourth-order valence-electron chi connectivity index (χ4n) is 2.44. The standard InChI is InChI=1S/C20H27N3O5S/c1-15(14-28-19-12-10-18(27-5)11-13-19)21-20(24)16-6-8-17(9-7-16)23(4)29(25,26)22(2)3/h6-13,15H,14H2,1-5H3,(H,21,24). The third-order valence-electron chi connectivity index (χ3n) is 4.24. The highest BCUT2D eigenvalue weighted by Gasteiger charge is 2.21.